The van der Waals surface area contributed by atoms with Gasteiger partial charge in [-0.25, -0.2) is 0 Å². The lowest BCUT2D eigenvalue weighted by Crippen LogP contribution is -2.30. The fraction of sp³-hybridized carbons (Fsp3) is 0.208. The number of nitrogens with zero attached hydrogens (tertiary/aromatic N) is 1. The Morgan fingerprint density at radius 1 is 1.04 bits per heavy atom. The van der Waals surface area contributed by atoms with Gasteiger partial charge >= 0.3 is 0 Å². The van der Waals surface area contributed by atoms with Gasteiger partial charge in [-0.3, -0.25) is 4.98 Å². The van der Waals surface area contributed by atoms with Crippen molar-refractivity contribution in [2.75, 3.05) is 6.61 Å². The predicted molar refractivity (Wildman–Crippen MR) is 111 cm³/mol. The molecule has 3 heteroatoms. The van der Waals surface area contributed by atoms with Crippen LogP contribution in [-0.4, -0.2) is 17.6 Å². The van der Waals surface area contributed by atoms with Crippen molar-refractivity contribution in [3.05, 3.63) is 89.8 Å². The van der Waals surface area contributed by atoms with Gasteiger partial charge in [-0.05, 0) is 59.7 Å². The van der Waals surface area contributed by atoms with Crippen molar-refractivity contribution in [2.45, 2.75) is 25.8 Å². The third kappa shape index (κ3) is 4.09. The smallest absolute Gasteiger partial charge is 0.138 e. The Hall–Kier alpha value is -2.91. The Morgan fingerprint density at radius 3 is 2.74 bits per heavy atom. The largest absolute Gasteiger partial charge is 0.490 e. The van der Waals surface area contributed by atoms with Crippen LogP contribution in [0.5, 0.6) is 5.75 Å². The van der Waals surface area contributed by atoms with Crippen LogP contribution in [0.4, 0.5) is 0 Å². The van der Waals surface area contributed by atoms with Crippen molar-refractivity contribution >= 4 is 5.57 Å². The number of fused-ring (bicyclic) bond motifs is 1. The standard InChI is InChI=1S/C24H24N2O/c1-17-7-8-19-9-10-20(13-24(17)19)21-12-23(15-26-14-21)27-16-22(25)11-18-5-3-2-4-6-18/h2-7,9-10,12-15,22H,8,11,16,25H2,1H3/t22-/m0/s1. The molecule has 0 amide bonds. The van der Waals surface area contributed by atoms with Crippen LogP contribution in [0.1, 0.15) is 23.6 Å². The highest BCUT2D eigenvalue weighted by Crippen LogP contribution is 2.32. The highest BCUT2D eigenvalue weighted by Gasteiger charge is 2.12. The summed E-state index contributed by atoms with van der Waals surface area (Å²) in [6.07, 6.45) is 7.73. The highest BCUT2D eigenvalue weighted by molar-refractivity contribution is 5.77. The predicted octanol–water partition coefficient (Wildman–Crippen LogP) is 4.66. The van der Waals surface area contributed by atoms with Crippen LogP contribution in [0.2, 0.25) is 0 Å². The summed E-state index contributed by atoms with van der Waals surface area (Å²) in [6.45, 7) is 2.63. The molecule has 27 heavy (non-hydrogen) atoms. The molecule has 1 heterocycles. The minimum atomic E-state index is -0.0520. The van der Waals surface area contributed by atoms with Gasteiger partial charge < -0.3 is 10.5 Å². The van der Waals surface area contributed by atoms with E-state index in [1.54, 1.807) is 6.20 Å². The molecule has 0 saturated carbocycles. The van der Waals surface area contributed by atoms with Crippen molar-refractivity contribution < 1.29 is 4.74 Å². The molecule has 0 fully saturated rings. The molecular weight excluding hydrogens is 332 g/mol. The van der Waals surface area contributed by atoms with E-state index in [2.05, 4.69) is 48.3 Å². The van der Waals surface area contributed by atoms with Gasteiger partial charge in [-0.2, -0.15) is 0 Å². The minimum absolute atomic E-state index is 0.0520. The summed E-state index contributed by atoms with van der Waals surface area (Å²) in [4.78, 5) is 4.36. The molecular formula is C24H24N2O. The molecule has 2 N–H and O–H groups in total. The summed E-state index contributed by atoms with van der Waals surface area (Å²) >= 11 is 0. The van der Waals surface area contributed by atoms with Crippen LogP contribution in [0.25, 0.3) is 16.7 Å². The van der Waals surface area contributed by atoms with Crippen LogP contribution < -0.4 is 10.5 Å². The van der Waals surface area contributed by atoms with Crippen LogP contribution in [0.3, 0.4) is 0 Å². The second kappa shape index (κ2) is 7.77. The normalized spacial score (nSPS) is 13.8. The fourth-order valence-corrected chi connectivity index (χ4v) is 3.51. The molecule has 3 nitrogen and oxygen atoms in total. The summed E-state index contributed by atoms with van der Waals surface area (Å²) in [5.41, 5.74) is 13.8. The maximum atomic E-state index is 6.23. The van der Waals surface area contributed by atoms with Gasteiger partial charge in [0.2, 0.25) is 0 Å². The van der Waals surface area contributed by atoms with Crippen LogP contribution in [-0.2, 0) is 12.8 Å². The number of allylic oxidation sites excluding steroid dienone is 2. The van der Waals surface area contributed by atoms with Gasteiger partial charge in [-0.15, -0.1) is 0 Å². The first-order valence-electron chi connectivity index (χ1n) is 9.37. The lowest BCUT2D eigenvalue weighted by atomic mass is 9.99. The maximum Gasteiger partial charge on any atom is 0.138 e. The number of aromatic nitrogens is 1. The minimum Gasteiger partial charge on any atom is -0.490 e. The van der Waals surface area contributed by atoms with Crippen molar-refractivity contribution in [1.29, 1.82) is 0 Å². The summed E-state index contributed by atoms with van der Waals surface area (Å²) in [7, 11) is 0. The van der Waals surface area contributed by atoms with E-state index in [1.165, 1.54) is 22.3 Å². The van der Waals surface area contributed by atoms with Gasteiger partial charge in [-0.1, -0.05) is 48.5 Å². The number of rotatable bonds is 6. The van der Waals surface area contributed by atoms with E-state index in [4.69, 9.17) is 10.5 Å². The fourth-order valence-electron chi connectivity index (χ4n) is 3.51. The molecule has 0 saturated heterocycles. The lowest BCUT2D eigenvalue weighted by Gasteiger charge is -2.14. The molecule has 0 radical (unpaired) electrons. The highest BCUT2D eigenvalue weighted by atomic mass is 16.5. The van der Waals surface area contributed by atoms with Crippen LogP contribution >= 0.6 is 0 Å². The molecule has 0 aliphatic heterocycles. The van der Waals surface area contributed by atoms with Crippen LogP contribution in [0.15, 0.2) is 73.1 Å². The topological polar surface area (TPSA) is 48.1 Å². The number of hydrogen-bond acceptors (Lipinski definition) is 3. The summed E-state index contributed by atoms with van der Waals surface area (Å²) in [6, 6.07) is 18.9. The Bertz CT molecular complexity index is 963. The summed E-state index contributed by atoms with van der Waals surface area (Å²) in [5, 5.41) is 0. The Balaban J connectivity index is 1.44. The SMILES string of the molecule is CC1=CCc2ccc(-c3cncc(OC[C@@H](N)Cc4ccccc4)c3)cc21. The van der Waals surface area contributed by atoms with Gasteiger partial charge in [0.25, 0.3) is 0 Å². The third-order valence-corrected chi connectivity index (χ3v) is 5.01. The molecule has 0 bridgehead atoms. The van der Waals surface area contributed by atoms with E-state index >= 15 is 0 Å². The lowest BCUT2D eigenvalue weighted by molar-refractivity contribution is 0.286. The number of ether oxygens (including phenoxy) is 1. The zero-order valence-corrected chi connectivity index (χ0v) is 15.6. The molecule has 0 spiro atoms. The molecule has 1 atom stereocenters. The molecule has 3 aromatic rings. The van der Waals surface area contributed by atoms with E-state index in [-0.39, 0.29) is 6.04 Å². The zero-order valence-electron chi connectivity index (χ0n) is 15.6. The van der Waals surface area contributed by atoms with E-state index in [1.807, 2.05) is 30.5 Å². The second-order valence-corrected chi connectivity index (χ2v) is 7.13. The Labute approximate surface area is 160 Å². The molecule has 2 aromatic carbocycles. The monoisotopic (exact) mass is 356 g/mol. The molecule has 1 aliphatic carbocycles. The van der Waals surface area contributed by atoms with Gasteiger partial charge in [0, 0.05) is 17.8 Å². The van der Waals surface area contributed by atoms with Crippen molar-refractivity contribution in [3.8, 4) is 16.9 Å². The number of hydrogen-bond donors (Lipinski definition) is 1. The average Bonchev–Trinajstić information content (AvgIpc) is 3.08. The van der Waals surface area contributed by atoms with E-state index in [0.717, 1.165) is 29.7 Å². The second-order valence-electron chi connectivity index (χ2n) is 7.13. The van der Waals surface area contributed by atoms with Gasteiger partial charge in [0.05, 0.1) is 6.20 Å². The van der Waals surface area contributed by atoms with Gasteiger partial charge in [0.15, 0.2) is 0 Å². The number of benzene rings is 2. The first-order chi connectivity index (χ1) is 13.2. The summed E-state index contributed by atoms with van der Waals surface area (Å²) < 4.78 is 5.92. The maximum absolute atomic E-state index is 6.23. The van der Waals surface area contributed by atoms with E-state index in [0.29, 0.717) is 6.61 Å². The molecule has 4 rings (SSSR count). The Kier molecular flexibility index (Phi) is 5.03. The van der Waals surface area contributed by atoms with Gasteiger partial charge in [0.1, 0.15) is 12.4 Å². The number of pyridine rings is 1. The average molecular weight is 356 g/mol. The Morgan fingerprint density at radius 2 is 1.89 bits per heavy atom. The first kappa shape index (κ1) is 17.5. The van der Waals surface area contributed by atoms with E-state index < -0.39 is 0 Å². The summed E-state index contributed by atoms with van der Waals surface area (Å²) in [5.74, 6) is 0.753. The molecule has 136 valence electrons. The van der Waals surface area contributed by atoms with E-state index in [9.17, 15) is 0 Å². The van der Waals surface area contributed by atoms with Crippen molar-refractivity contribution in [2.24, 2.45) is 5.73 Å². The third-order valence-electron chi connectivity index (χ3n) is 5.01. The molecule has 0 unspecified atom stereocenters. The zero-order chi connectivity index (χ0) is 18.6. The molecule has 1 aliphatic rings. The molecule has 1 aromatic heterocycles. The van der Waals surface area contributed by atoms with Crippen LogP contribution in [0, 0.1) is 0 Å². The van der Waals surface area contributed by atoms with Crippen molar-refractivity contribution in [1.82, 2.24) is 4.98 Å². The van der Waals surface area contributed by atoms with Crippen molar-refractivity contribution in [3.63, 3.8) is 0 Å². The number of nitrogens with two attached hydrogens (primary N) is 1. The first-order valence-corrected chi connectivity index (χ1v) is 9.37. The quantitative estimate of drug-likeness (QED) is 0.699.